The molecule has 9 heteroatoms. The van der Waals surface area contributed by atoms with E-state index in [0.29, 0.717) is 40.1 Å². The summed E-state index contributed by atoms with van der Waals surface area (Å²) in [5.74, 6) is -0.269. The molecule has 0 saturated carbocycles. The zero-order valence-electron chi connectivity index (χ0n) is 18.7. The number of nitrogens with zero attached hydrogens (tertiary/aromatic N) is 3. The van der Waals surface area contributed by atoms with Crippen LogP contribution < -0.4 is 16.2 Å². The fraction of sp³-hybridized carbons (Fsp3) is 0.0769. The first-order valence-electron chi connectivity index (χ1n) is 10.9. The topological polar surface area (TPSA) is 146 Å². The molecule has 0 fully saturated rings. The molecule has 0 spiro atoms. The molecule has 0 saturated heterocycles. The molecule has 4 aromatic heterocycles. The van der Waals surface area contributed by atoms with Gasteiger partial charge in [-0.3, -0.25) is 14.9 Å². The molecule has 172 valence electrons. The van der Waals surface area contributed by atoms with E-state index in [0.717, 1.165) is 27.6 Å². The SMILES string of the molecule is Cc1ccc2[nH]ncc2c1-c1cc2c(oc3ccc(OCc4cccnc4)nc32)c(C(N)=O)c1N. The van der Waals surface area contributed by atoms with Crippen LogP contribution in [0.1, 0.15) is 21.5 Å². The van der Waals surface area contributed by atoms with Crippen LogP contribution >= 0.6 is 0 Å². The molecule has 6 rings (SSSR count). The lowest BCUT2D eigenvalue weighted by atomic mass is 9.92. The number of H-pyrrole nitrogens is 1. The number of benzene rings is 2. The van der Waals surface area contributed by atoms with E-state index in [2.05, 4.69) is 20.2 Å². The molecule has 0 bridgehead atoms. The number of aryl methyl sites for hydroxylation is 1. The smallest absolute Gasteiger partial charge is 0.254 e. The van der Waals surface area contributed by atoms with Gasteiger partial charge in [0.15, 0.2) is 11.2 Å². The Labute approximate surface area is 198 Å². The Morgan fingerprint density at radius 2 is 2.03 bits per heavy atom. The van der Waals surface area contributed by atoms with Gasteiger partial charge in [-0.2, -0.15) is 5.10 Å². The van der Waals surface area contributed by atoms with Crippen molar-refractivity contribution < 1.29 is 13.9 Å². The van der Waals surface area contributed by atoms with Crippen LogP contribution in [-0.4, -0.2) is 26.1 Å². The van der Waals surface area contributed by atoms with E-state index >= 15 is 0 Å². The van der Waals surface area contributed by atoms with Gasteiger partial charge >= 0.3 is 0 Å². The number of rotatable bonds is 5. The highest BCUT2D eigenvalue weighted by Gasteiger charge is 2.24. The van der Waals surface area contributed by atoms with Crippen LogP contribution in [0.3, 0.4) is 0 Å². The molecule has 9 nitrogen and oxygen atoms in total. The maximum atomic E-state index is 12.5. The van der Waals surface area contributed by atoms with Gasteiger partial charge in [-0.05, 0) is 42.3 Å². The molecule has 0 aliphatic carbocycles. The van der Waals surface area contributed by atoms with Crippen molar-refractivity contribution in [2.24, 2.45) is 5.73 Å². The first-order chi connectivity index (χ1) is 17.0. The van der Waals surface area contributed by atoms with Crippen molar-refractivity contribution >= 4 is 44.6 Å². The number of hydrogen-bond donors (Lipinski definition) is 3. The maximum absolute atomic E-state index is 12.5. The Morgan fingerprint density at radius 3 is 2.83 bits per heavy atom. The zero-order valence-corrected chi connectivity index (χ0v) is 18.7. The summed E-state index contributed by atoms with van der Waals surface area (Å²) >= 11 is 0. The normalized spacial score (nSPS) is 11.5. The minimum absolute atomic E-state index is 0.119. The molecule has 5 N–H and O–H groups in total. The lowest BCUT2D eigenvalue weighted by Crippen LogP contribution is -2.14. The highest BCUT2D eigenvalue weighted by molar-refractivity contribution is 6.18. The Morgan fingerprint density at radius 1 is 1.14 bits per heavy atom. The second-order valence-corrected chi connectivity index (χ2v) is 8.29. The van der Waals surface area contributed by atoms with Crippen LogP contribution in [0.25, 0.3) is 44.1 Å². The van der Waals surface area contributed by atoms with Crippen LogP contribution in [0.5, 0.6) is 5.88 Å². The molecule has 6 aromatic rings. The molecule has 4 heterocycles. The average molecular weight is 464 g/mol. The van der Waals surface area contributed by atoms with Gasteiger partial charge in [0.1, 0.15) is 17.7 Å². The third kappa shape index (κ3) is 3.33. The number of carbonyl (C=O) groups excluding carboxylic acids is 1. The number of primary amides is 1. The monoisotopic (exact) mass is 464 g/mol. The molecule has 35 heavy (non-hydrogen) atoms. The number of aromatic amines is 1. The molecule has 0 aliphatic heterocycles. The van der Waals surface area contributed by atoms with Gasteiger partial charge in [0.2, 0.25) is 5.88 Å². The Hall–Kier alpha value is -4.92. The number of nitrogens with two attached hydrogens (primary N) is 2. The number of amides is 1. The number of pyridine rings is 2. The van der Waals surface area contributed by atoms with Gasteiger partial charge in [0.25, 0.3) is 5.91 Å². The van der Waals surface area contributed by atoms with E-state index < -0.39 is 5.91 Å². The molecule has 1 amide bonds. The third-order valence-corrected chi connectivity index (χ3v) is 6.08. The molecule has 2 aromatic carbocycles. The largest absolute Gasteiger partial charge is 0.473 e. The van der Waals surface area contributed by atoms with Crippen LogP contribution in [0.4, 0.5) is 5.69 Å². The predicted octanol–water partition coefficient (Wildman–Crippen LogP) is 4.49. The molecule has 0 unspecified atom stereocenters. The molecular formula is C26H20N6O3. The number of fused-ring (bicyclic) bond motifs is 4. The number of nitrogens with one attached hydrogen (secondary N) is 1. The Balaban J connectivity index is 1.57. The van der Waals surface area contributed by atoms with Gasteiger partial charge in [0, 0.05) is 40.4 Å². The van der Waals surface area contributed by atoms with E-state index in [4.69, 9.17) is 20.6 Å². The number of anilines is 1. The molecule has 0 radical (unpaired) electrons. The van der Waals surface area contributed by atoms with Gasteiger partial charge in [0.05, 0.1) is 17.4 Å². The number of carbonyl (C=O) groups is 1. The van der Waals surface area contributed by atoms with E-state index in [1.165, 1.54) is 0 Å². The van der Waals surface area contributed by atoms with E-state index in [-0.39, 0.29) is 11.3 Å². The first kappa shape index (κ1) is 20.7. The van der Waals surface area contributed by atoms with Crippen LogP contribution in [0.15, 0.2) is 65.5 Å². The van der Waals surface area contributed by atoms with Crippen molar-refractivity contribution in [3.05, 3.63) is 77.7 Å². The summed E-state index contributed by atoms with van der Waals surface area (Å²) in [6.45, 7) is 2.29. The summed E-state index contributed by atoms with van der Waals surface area (Å²) < 4.78 is 11.9. The predicted molar refractivity (Wildman–Crippen MR) is 133 cm³/mol. The molecule has 0 atom stereocenters. The second-order valence-electron chi connectivity index (χ2n) is 8.29. The van der Waals surface area contributed by atoms with Gasteiger partial charge in [-0.15, -0.1) is 0 Å². The average Bonchev–Trinajstić information content (AvgIpc) is 3.47. The number of aromatic nitrogens is 4. The number of nitrogen functional groups attached to an aromatic ring is 1. The van der Waals surface area contributed by atoms with Gasteiger partial charge in [-0.25, -0.2) is 4.98 Å². The second kappa shape index (κ2) is 7.84. The lowest BCUT2D eigenvalue weighted by molar-refractivity contribution is 0.100. The van der Waals surface area contributed by atoms with Crippen LogP contribution in [0, 0.1) is 6.92 Å². The number of furan rings is 1. The molecule has 0 aliphatic rings. The van der Waals surface area contributed by atoms with Crippen molar-refractivity contribution in [3.8, 4) is 17.0 Å². The van der Waals surface area contributed by atoms with E-state index in [9.17, 15) is 4.79 Å². The van der Waals surface area contributed by atoms with Crippen molar-refractivity contribution in [3.63, 3.8) is 0 Å². The summed E-state index contributed by atoms with van der Waals surface area (Å²) in [6, 6.07) is 13.0. The zero-order chi connectivity index (χ0) is 24.1. The summed E-state index contributed by atoms with van der Waals surface area (Å²) in [4.78, 5) is 21.3. The third-order valence-electron chi connectivity index (χ3n) is 6.08. The van der Waals surface area contributed by atoms with Crippen molar-refractivity contribution in [1.29, 1.82) is 0 Å². The number of hydrogen-bond acceptors (Lipinski definition) is 7. The van der Waals surface area contributed by atoms with E-state index in [1.807, 2.05) is 37.3 Å². The highest BCUT2D eigenvalue weighted by Crippen LogP contribution is 2.42. The fourth-order valence-electron chi connectivity index (χ4n) is 4.43. The minimum atomic E-state index is -0.682. The highest BCUT2D eigenvalue weighted by atomic mass is 16.5. The van der Waals surface area contributed by atoms with E-state index in [1.54, 1.807) is 30.7 Å². The lowest BCUT2D eigenvalue weighted by Gasteiger charge is -2.13. The maximum Gasteiger partial charge on any atom is 0.254 e. The van der Waals surface area contributed by atoms with Crippen molar-refractivity contribution in [2.75, 3.05) is 5.73 Å². The fourth-order valence-corrected chi connectivity index (χ4v) is 4.43. The minimum Gasteiger partial charge on any atom is -0.473 e. The van der Waals surface area contributed by atoms with Crippen LogP contribution in [0.2, 0.25) is 0 Å². The summed E-state index contributed by atoms with van der Waals surface area (Å²) in [5, 5.41) is 8.64. The van der Waals surface area contributed by atoms with Gasteiger partial charge in [-0.1, -0.05) is 12.1 Å². The summed E-state index contributed by atoms with van der Waals surface area (Å²) in [7, 11) is 0. The quantitative estimate of drug-likeness (QED) is 0.319. The van der Waals surface area contributed by atoms with Crippen LogP contribution in [-0.2, 0) is 6.61 Å². The standard InChI is InChI=1S/C26H20N6O3/c1-13-4-5-18-17(11-30-32-18)21(13)15-9-16-24-19(35-25(16)22(23(15)27)26(28)33)6-7-20(31-24)34-12-14-3-2-8-29-10-14/h2-11H,12,27H2,1H3,(H2,28,33)(H,30,32). The summed E-state index contributed by atoms with van der Waals surface area (Å²) in [5.41, 5.74) is 18.3. The Kier molecular flexibility index (Phi) is 4.63. The first-order valence-corrected chi connectivity index (χ1v) is 10.9. The summed E-state index contributed by atoms with van der Waals surface area (Å²) in [6.07, 6.45) is 5.18. The Bertz CT molecular complexity index is 1750. The number of ether oxygens (including phenoxy) is 1. The molecular weight excluding hydrogens is 444 g/mol. The van der Waals surface area contributed by atoms with Crippen molar-refractivity contribution in [2.45, 2.75) is 13.5 Å². The van der Waals surface area contributed by atoms with Crippen molar-refractivity contribution in [1.82, 2.24) is 20.2 Å². The van der Waals surface area contributed by atoms with Gasteiger partial charge < -0.3 is 20.6 Å².